The molecule has 0 bridgehead atoms. The summed E-state index contributed by atoms with van der Waals surface area (Å²) in [6.45, 7) is 2.98. The number of aromatic nitrogens is 2. The Labute approximate surface area is 135 Å². The summed E-state index contributed by atoms with van der Waals surface area (Å²) in [6.07, 6.45) is -4.40. The lowest BCUT2D eigenvalue weighted by molar-refractivity contribution is -0.145. The molecule has 0 unspecified atom stereocenters. The number of fused-ring (bicyclic) bond motifs is 1. The molecule has 1 N–H and O–H groups in total. The van der Waals surface area contributed by atoms with Crippen LogP contribution in [0.5, 0.6) is 0 Å². The zero-order chi connectivity index (χ0) is 17.5. The van der Waals surface area contributed by atoms with Crippen molar-refractivity contribution in [1.29, 1.82) is 0 Å². The number of aromatic amines is 1. The zero-order valence-corrected chi connectivity index (χ0v) is 12.9. The largest absolute Gasteiger partial charge is 0.449 e. The van der Waals surface area contributed by atoms with E-state index in [1.165, 1.54) is 12.1 Å². The third-order valence-electron chi connectivity index (χ3n) is 4.11. The fourth-order valence-corrected chi connectivity index (χ4v) is 2.83. The Kier molecular flexibility index (Phi) is 4.16. The van der Waals surface area contributed by atoms with Gasteiger partial charge in [-0.2, -0.15) is 13.2 Å². The first-order valence-corrected chi connectivity index (χ1v) is 7.40. The predicted molar refractivity (Wildman–Crippen MR) is 78.8 cm³/mol. The minimum absolute atomic E-state index is 0.193. The van der Waals surface area contributed by atoms with Crippen molar-refractivity contribution in [2.75, 3.05) is 6.54 Å². The van der Waals surface area contributed by atoms with Gasteiger partial charge in [-0.15, -0.1) is 0 Å². The Hall–Kier alpha value is -2.22. The van der Waals surface area contributed by atoms with Crippen LogP contribution in [0.2, 0.25) is 0 Å². The van der Waals surface area contributed by atoms with Gasteiger partial charge < -0.3 is 4.98 Å². The van der Waals surface area contributed by atoms with Gasteiger partial charge in [-0.05, 0) is 30.2 Å². The Balaban J connectivity index is 1.83. The zero-order valence-electron chi connectivity index (χ0n) is 12.9. The van der Waals surface area contributed by atoms with Gasteiger partial charge in [0.1, 0.15) is 5.82 Å². The molecule has 0 fully saturated rings. The molecule has 0 aliphatic carbocycles. The molecule has 1 aromatic heterocycles. The molecule has 8 heteroatoms. The minimum atomic E-state index is -4.67. The van der Waals surface area contributed by atoms with Gasteiger partial charge in [-0.25, -0.2) is 9.37 Å². The molecule has 1 aliphatic rings. The number of nitrogens with one attached hydrogen (secondary N) is 1. The molecule has 128 valence electrons. The molecule has 3 rings (SSSR count). The minimum Gasteiger partial charge on any atom is -0.303 e. The van der Waals surface area contributed by atoms with E-state index in [9.17, 15) is 22.4 Å². The number of alkyl halides is 3. The van der Waals surface area contributed by atoms with E-state index in [0.717, 1.165) is 11.1 Å². The van der Waals surface area contributed by atoms with Gasteiger partial charge in [-0.3, -0.25) is 9.69 Å². The fourth-order valence-electron chi connectivity index (χ4n) is 2.83. The first kappa shape index (κ1) is 16.6. The molecule has 0 amide bonds. The summed E-state index contributed by atoms with van der Waals surface area (Å²) in [7, 11) is 0. The van der Waals surface area contributed by atoms with Crippen LogP contribution < -0.4 is 5.56 Å². The van der Waals surface area contributed by atoms with E-state index in [4.69, 9.17) is 0 Å². The molecular formula is C16H15F4N3O. The fraction of sp³-hybridized carbons (Fsp3) is 0.375. The van der Waals surface area contributed by atoms with E-state index in [-0.39, 0.29) is 30.0 Å². The molecule has 1 aliphatic heterocycles. The van der Waals surface area contributed by atoms with Crippen molar-refractivity contribution in [3.63, 3.8) is 0 Å². The number of rotatable bonds is 2. The molecule has 1 aromatic carbocycles. The lowest BCUT2D eigenvalue weighted by Gasteiger charge is -2.28. The number of H-pyrrole nitrogens is 1. The standard InChI is InChI=1S/C16H15F4N3O/c1-9-6-11(17)3-2-10(9)7-23-5-4-13-12(8-23)14(24)22-15(21-13)16(18,19)20/h2-3,6H,4-5,7-8H2,1H3,(H,21,22,24). The molecule has 2 heterocycles. The molecule has 0 atom stereocenters. The smallest absolute Gasteiger partial charge is 0.303 e. The van der Waals surface area contributed by atoms with Crippen LogP contribution in [0.15, 0.2) is 23.0 Å². The van der Waals surface area contributed by atoms with Gasteiger partial charge in [0, 0.05) is 26.1 Å². The Morgan fingerprint density at radius 1 is 1.33 bits per heavy atom. The van der Waals surface area contributed by atoms with Crippen LogP contribution in [0.3, 0.4) is 0 Å². The van der Waals surface area contributed by atoms with E-state index in [1.807, 2.05) is 9.88 Å². The molecule has 0 radical (unpaired) electrons. The molecule has 0 spiro atoms. The van der Waals surface area contributed by atoms with Crippen LogP contribution in [-0.4, -0.2) is 21.4 Å². The first-order chi connectivity index (χ1) is 11.2. The average molecular weight is 341 g/mol. The third kappa shape index (κ3) is 3.33. The number of benzene rings is 1. The van der Waals surface area contributed by atoms with Crippen molar-refractivity contribution < 1.29 is 17.6 Å². The van der Waals surface area contributed by atoms with Crippen molar-refractivity contribution >= 4 is 0 Å². The summed E-state index contributed by atoms with van der Waals surface area (Å²) in [4.78, 5) is 19.3. The maximum atomic E-state index is 13.2. The molecule has 24 heavy (non-hydrogen) atoms. The molecule has 0 saturated heterocycles. The van der Waals surface area contributed by atoms with Crippen molar-refractivity contribution in [2.45, 2.75) is 32.6 Å². The quantitative estimate of drug-likeness (QED) is 0.855. The summed E-state index contributed by atoms with van der Waals surface area (Å²) in [5.74, 6) is -1.57. The Morgan fingerprint density at radius 2 is 2.08 bits per heavy atom. The van der Waals surface area contributed by atoms with Crippen LogP contribution in [0.25, 0.3) is 0 Å². The number of halogens is 4. The number of hydrogen-bond donors (Lipinski definition) is 1. The van der Waals surface area contributed by atoms with Gasteiger partial charge in [-0.1, -0.05) is 6.07 Å². The van der Waals surface area contributed by atoms with Gasteiger partial charge in [0.2, 0.25) is 5.82 Å². The van der Waals surface area contributed by atoms with E-state index in [0.29, 0.717) is 13.1 Å². The predicted octanol–water partition coefficient (Wildman–Crippen LogP) is 2.79. The monoisotopic (exact) mass is 341 g/mol. The topological polar surface area (TPSA) is 49.0 Å². The number of aryl methyl sites for hydroxylation is 1. The molecular weight excluding hydrogens is 326 g/mol. The van der Waals surface area contributed by atoms with Gasteiger partial charge in [0.25, 0.3) is 5.56 Å². The van der Waals surface area contributed by atoms with E-state index < -0.39 is 17.6 Å². The van der Waals surface area contributed by atoms with Gasteiger partial charge in [0.05, 0.1) is 11.3 Å². The average Bonchev–Trinajstić information content (AvgIpc) is 2.49. The highest BCUT2D eigenvalue weighted by Gasteiger charge is 2.35. The van der Waals surface area contributed by atoms with Crippen LogP contribution in [0.4, 0.5) is 17.6 Å². The summed E-state index contributed by atoms with van der Waals surface area (Å²) in [5.41, 5.74) is 1.40. The van der Waals surface area contributed by atoms with E-state index >= 15 is 0 Å². The molecule has 2 aromatic rings. The lowest BCUT2D eigenvalue weighted by atomic mass is 10.0. The summed E-state index contributed by atoms with van der Waals surface area (Å²) in [5, 5.41) is 0. The Morgan fingerprint density at radius 3 is 2.75 bits per heavy atom. The second-order valence-electron chi connectivity index (χ2n) is 5.87. The highest BCUT2D eigenvalue weighted by Crippen LogP contribution is 2.27. The summed E-state index contributed by atoms with van der Waals surface area (Å²) >= 11 is 0. The van der Waals surface area contributed by atoms with Gasteiger partial charge >= 0.3 is 6.18 Å². The van der Waals surface area contributed by atoms with Crippen molar-refractivity contribution in [3.05, 3.63) is 62.6 Å². The summed E-state index contributed by atoms with van der Waals surface area (Å²) < 4.78 is 51.3. The van der Waals surface area contributed by atoms with Crippen molar-refractivity contribution in [3.8, 4) is 0 Å². The Bertz CT molecular complexity index is 829. The van der Waals surface area contributed by atoms with Gasteiger partial charge in [0.15, 0.2) is 0 Å². The summed E-state index contributed by atoms with van der Waals surface area (Å²) in [6, 6.07) is 4.47. The third-order valence-corrected chi connectivity index (χ3v) is 4.11. The highest BCUT2D eigenvalue weighted by molar-refractivity contribution is 5.27. The number of hydrogen-bond acceptors (Lipinski definition) is 3. The molecule has 4 nitrogen and oxygen atoms in total. The van der Waals surface area contributed by atoms with E-state index in [1.54, 1.807) is 13.0 Å². The SMILES string of the molecule is Cc1cc(F)ccc1CN1CCc2nc(C(F)(F)F)[nH]c(=O)c2C1. The van der Waals surface area contributed by atoms with Crippen molar-refractivity contribution in [1.82, 2.24) is 14.9 Å². The van der Waals surface area contributed by atoms with Crippen LogP contribution >= 0.6 is 0 Å². The van der Waals surface area contributed by atoms with Crippen LogP contribution in [-0.2, 0) is 25.7 Å². The maximum absolute atomic E-state index is 13.2. The second-order valence-corrected chi connectivity index (χ2v) is 5.87. The van der Waals surface area contributed by atoms with Crippen LogP contribution in [0.1, 0.15) is 28.2 Å². The van der Waals surface area contributed by atoms with Crippen molar-refractivity contribution in [2.24, 2.45) is 0 Å². The van der Waals surface area contributed by atoms with Crippen LogP contribution in [0, 0.1) is 12.7 Å². The van der Waals surface area contributed by atoms with E-state index in [2.05, 4.69) is 4.98 Å². The lowest BCUT2D eigenvalue weighted by Crippen LogP contribution is -2.36. The maximum Gasteiger partial charge on any atom is 0.449 e. The number of nitrogens with zero attached hydrogens (tertiary/aromatic N) is 2. The molecule has 0 saturated carbocycles. The second kappa shape index (κ2) is 6.01. The first-order valence-electron chi connectivity index (χ1n) is 7.40. The normalized spacial score (nSPS) is 15.4. The highest BCUT2D eigenvalue weighted by atomic mass is 19.4.